The SMILES string of the molecule is C/C(CN=Nc1cc2c(S(=O)(=O)O)cc(S(=O)(=O)O)cc2cc1S(=O)(=O)O)=N/N(C=O)c1ccc(S(=O)(=O)O)cc1. The van der Waals surface area contributed by atoms with Gasteiger partial charge in [-0.15, -0.1) is 0 Å². The zero-order chi connectivity index (χ0) is 31.0. The summed E-state index contributed by atoms with van der Waals surface area (Å²) in [6.07, 6.45) is 0.264. The fraction of sp³-hybridized carbons (Fsp3) is 0.100. The summed E-state index contributed by atoms with van der Waals surface area (Å²) in [7, 11) is -19.7. The molecule has 0 aromatic heterocycles. The highest BCUT2D eigenvalue weighted by Gasteiger charge is 2.24. The first-order valence-corrected chi connectivity index (χ1v) is 16.3. The number of hydrogen-bond donors (Lipinski definition) is 4. The minimum absolute atomic E-state index is 0.0883. The largest absolute Gasteiger partial charge is 0.296 e. The van der Waals surface area contributed by atoms with E-state index >= 15 is 0 Å². The lowest BCUT2D eigenvalue weighted by Gasteiger charge is -2.12. The number of rotatable bonds is 10. The van der Waals surface area contributed by atoms with E-state index in [4.69, 9.17) is 4.55 Å². The smallest absolute Gasteiger partial charge is 0.282 e. The molecule has 0 spiro atoms. The molecule has 3 rings (SSSR count). The summed E-state index contributed by atoms with van der Waals surface area (Å²) in [4.78, 5) is 8.08. The van der Waals surface area contributed by atoms with Crippen LogP contribution < -0.4 is 5.01 Å². The summed E-state index contributed by atoms with van der Waals surface area (Å²) in [6.45, 7) is 0.975. The van der Waals surface area contributed by atoms with E-state index in [9.17, 15) is 52.1 Å². The highest BCUT2D eigenvalue weighted by Crippen LogP contribution is 2.35. The van der Waals surface area contributed by atoms with Gasteiger partial charge in [0.05, 0.1) is 21.2 Å². The Kier molecular flexibility index (Phi) is 8.76. The van der Waals surface area contributed by atoms with E-state index in [1.54, 1.807) is 0 Å². The average molecular weight is 651 g/mol. The maximum absolute atomic E-state index is 12.0. The molecule has 0 radical (unpaired) electrons. The summed E-state index contributed by atoms with van der Waals surface area (Å²) in [5.74, 6) is 0. The predicted octanol–water partition coefficient (Wildman–Crippen LogP) is 1.95. The Morgan fingerprint density at radius 2 is 1.32 bits per heavy atom. The molecule has 0 bridgehead atoms. The molecule has 0 saturated heterocycles. The Labute approximate surface area is 232 Å². The highest BCUT2D eigenvalue weighted by atomic mass is 32.2. The number of anilines is 1. The van der Waals surface area contributed by atoms with Gasteiger partial charge in [0.15, 0.2) is 0 Å². The van der Waals surface area contributed by atoms with E-state index in [0.717, 1.165) is 23.2 Å². The van der Waals surface area contributed by atoms with Gasteiger partial charge in [-0.2, -0.15) is 49.0 Å². The Bertz CT molecular complexity index is 2040. The average Bonchev–Trinajstić information content (AvgIpc) is 2.84. The number of fused-ring (bicyclic) bond motifs is 1. The molecule has 0 aliphatic rings. The molecule has 1 amide bonds. The van der Waals surface area contributed by atoms with Crippen LogP contribution >= 0.6 is 0 Å². The molecule has 0 saturated carbocycles. The van der Waals surface area contributed by atoms with Gasteiger partial charge >= 0.3 is 0 Å². The van der Waals surface area contributed by atoms with Crippen molar-refractivity contribution in [3.05, 3.63) is 48.5 Å². The van der Waals surface area contributed by atoms with Gasteiger partial charge < -0.3 is 0 Å². The van der Waals surface area contributed by atoms with Gasteiger partial charge in [-0.25, -0.2) is 5.01 Å². The first-order chi connectivity index (χ1) is 18.7. The minimum Gasteiger partial charge on any atom is -0.282 e. The van der Waals surface area contributed by atoms with Crippen molar-refractivity contribution in [2.75, 3.05) is 11.6 Å². The van der Waals surface area contributed by atoms with E-state index in [2.05, 4.69) is 15.3 Å². The summed E-state index contributed by atoms with van der Waals surface area (Å²) in [5.41, 5.74) is -0.454. The van der Waals surface area contributed by atoms with Gasteiger partial charge in [0.1, 0.15) is 22.0 Å². The second-order valence-electron chi connectivity index (χ2n) is 8.04. The topological polar surface area (TPSA) is 275 Å². The maximum Gasteiger partial charge on any atom is 0.296 e. The molecular formula is C20H18N4O13S4. The van der Waals surface area contributed by atoms with Crippen LogP contribution in [0.3, 0.4) is 0 Å². The van der Waals surface area contributed by atoms with Crippen molar-refractivity contribution in [2.45, 2.75) is 26.5 Å². The Morgan fingerprint density at radius 3 is 1.80 bits per heavy atom. The van der Waals surface area contributed by atoms with Crippen LogP contribution in [0.15, 0.2) is 83.4 Å². The molecule has 4 N–H and O–H groups in total. The zero-order valence-corrected chi connectivity index (χ0v) is 23.6. The molecule has 0 aliphatic heterocycles. The van der Waals surface area contributed by atoms with Crippen molar-refractivity contribution in [2.24, 2.45) is 15.3 Å². The first-order valence-electron chi connectivity index (χ1n) is 10.5. The van der Waals surface area contributed by atoms with Gasteiger partial charge in [0, 0.05) is 5.39 Å². The number of benzene rings is 3. The molecule has 0 aliphatic carbocycles. The molecular weight excluding hydrogens is 633 g/mol. The molecule has 21 heteroatoms. The van der Waals surface area contributed by atoms with Gasteiger partial charge in [0.2, 0.25) is 6.41 Å². The third-order valence-corrected chi connectivity index (χ3v) is 8.55. The third kappa shape index (κ3) is 7.74. The Hall–Kier alpha value is -3.70. The van der Waals surface area contributed by atoms with E-state index in [-0.39, 0.29) is 17.8 Å². The lowest BCUT2D eigenvalue weighted by molar-refractivity contribution is -0.107. The highest BCUT2D eigenvalue weighted by molar-refractivity contribution is 7.87. The van der Waals surface area contributed by atoms with Crippen molar-refractivity contribution in [3.8, 4) is 0 Å². The van der Waals surface area contributed by atoms with Crippen LogP contribution in [0, 0.1) is 0 Å². The van der Waals surface area contributed by atoms with Crippen molar-refractivity contribution in [1.29, 1.82) is 0 Å². The van der Waals surface area contributed by atoms with Gasteiger partial charge in [0.25, 0.3) is 40.5 Å². The van der Waals surface area contributed by atoms with Crippen molar-refractivity contribution < 1.29 is 56.7 Å². The monoisotopic (exact) mass is 650 g/mol. The molecule has 3 aromatic carbocycles. The molecule has 0 fully saturated rings. The minimum atomic E-state index is -5.13. The predicted molar refractivity (Wildman–Crippen MR) is 141 cm³/mol. The number of azo groups is 1. The molecule has 41 heavy (non-hydrogen) atoms. The van der Waals surface area contributed by atoms with Crippen LogP contribution in [-0.4, -0.2) is 70.5 Å². The number of nitrogens with zero attached hydrogens (tertiary/aromatic N) is 4. The van der Waals surface area contributed by atoms with Crippen LogP contribution in [0.25, 0.3) is 10.8 Å². The van der Waals surface area contributed by atoms with Crippen LogP contribution in [0.4, 0.5) is 11.4 Å². The van der Waals surface area contributed by atoms with E-state index in [1.807, 2.05) is 0 Å². The first kappa shape index (κ1) is 31.8. The quantitative estimate of drug-likeness (QED) is 0.0803. The summed E-state index contributed by atoms with van der Waals surface area (Å²) >= 11 is 0. The number of hydrazone groups is 1. The van der Waals surface area contributed by atoms with Crippen molar-refractivity contribution >= 4 is 74.7 Å². The maximum atomic E-state index is 12.0. The van der Waals surface area contributed by atoms with Crippen LogP contribution in [0.1, 0.15) is 6.92 Å². The number of hydrogen-bond acceptors (Lipinski definition) is 12. The molecule has 3 aromatic rings. The molecule has 0 atom stereocenters. The summed E-state index contributed by atoms with van der Waals surface area (Å²) < 4.78 is 131. The number of carbonyl (C=O) groups excluding carboxylic acids is 1. The van der Waals surface area contributed by atoms with E-state index in [0.29, 0.717) is 18.2 Å². The lowest BCUT2D eigenvalue weighted by Crippen LogP contribution is -2.17. The van der Waals surface area contributed by atoms with Crippen LogP contribution in [0.5, 0.6) is 0 Å². The summed E-state index contributed by atoms with van der Waals surface area (Å²) in [6, 6.07) is 6.92. The molecule has 0 heterocycles. The van der Waals surface area contributed by atoms with E-state index in [1.165, 1.54) is 19.1 Å². The fourth-order valence-electron chi connectivity index (χ4n) is 3.31. The van der Waals surface area contributed by atoms with Gasteiger partial charge in [-0.05, 0) is 60.8 Å². The lowest BCUT2D eigenvalue weighted by atomic mass is 10.1. The normalized spacial score (nSPS) is 13.5. The van der Waals surface area contributed by atoms with Crippen LogP contribution in [-0.2, 0) is 45.3 Å². The standard InChI is InChI=1S/C20H18N4O13S4/c1-12(23-24(11-25)14-2-4-15(5-3-14)38(26,27)28)10-21-22-18-9-17-13(7-20(18)41(35,36)37)6-16(39(29,30)31)8-19(17)40(32,33)34/h2-9,11H,10H2,1H3,(H,26,27,28)(H,29,30,31)(H,32,33,34)(H,35,36,37)/b22-21?,23-12-. The van der Waals surface area contributed by atoms with Gasteiger partial charge in [-0.3, -0.25) is 23.0 Å². The zero-order valence-electron chi connectivity index (χ0n) is 20.3. The second kappa shape index (κ2) is 11.3. The number of carbonyl (C=O) groups is 1. The second-order valence-corrected chi connectivity index (χ2v) is 13.7. The third-order valence-electron chi connectivity index (χ3n) is 5.08. The Balaban J connectivity index is 2.05. The molecule has 0 unspecified atom stereocenters. The van der Waals surface area contributed by atoms with E-state index < -0.39 is 83.1 Å². The molecule has 220 valence electrons. The van der Waals surface area contributed by atoms with Crippen molar-refractivity contribution in [3.63, 3.8) is 0 Å². The fourth-order valence-corrected chi connectivity index (χ4v) is 5.78. The molecule has 17 nitrogen and oxygen atoms in total. The van der Waals surface area contributed by atoms with Gasteiger partial charge in [-0.1, -0.05) is 0 Å². The van der Waals surface area contributed by atoms with Crippen LogP contribution in [0.2, 0.25) is 0 Å². The van der Waals surface area contributed by atoms with Crippen molar-refractivity contribution in [1.82, 2.24) is 0 Å². The summed E-state index contributed by atoms with van der Waals surface area (Å²) in [5, 5.41) is 11.2. The Morgan fingerprint density at radius 1 is 0.756 bits per heavy atom. The number of amides is 1.